The molecule has 0 aliphatic rings. The van der Waals surface area contributed by atoms with E-state index in [1.54, 1.807) is 6.08 Å². The normalized spacial score (nSPS) is 12.8. The maximum absolute atomic E-state index is 12.5. The molecule has 0 spiro atoms. The summed E-state index contributed by atoms with van der Waals surface area (Å²) in [5.41, 5.74) is 2.64. The van der Waals surface area contributed by atoms with E-state index in [0.29, 0.717) is 6.04 Å². The van der Waals surface area contributed by atoms with Crippen molar-refractivity contribution < 1.29 is 17.7 Å². The Morgan fingerprint density at radius 1 is 1.16 bits per heavy atom. The third kappa shape index (κ3) is 6.16. The van der Waals surface area contributed by atoms with Crippen molar-refractivity contribution in [3.05, 3.63) is 41.8 Å². The van der Waals surface area contributed by atoms with Crippen molar-refractivity contribution in [3.8, 4) is 0 Å². The van der Waals surface area contributed by atoms with Crippen LogP contribution in [-0.4, -0.2) is 43.7 Å². The topological polar surface area (TPSA) is 60.0 Å². The van der Waals surface area contributed by atoms with Gasteiger partial charge in [0.15, 0.2) is 5.82 Å². The van der Waals surface area contributed by atoms with Crippen LogP contribution in [0.25, 0.3) is 23.2 Å². The zero-order valence-electron chi connectivity index (χ0n) is 18.1. The molecule has 0 unspecified atom stereocenters. The number of imidazole rings is 1. The second-order valence-corrected chi connectivity index (χ2v) is 7.81. The Morgan fingerprint density at radius 3 is 2.65 bits per heavy atom. The highest BCUT2D eigenvalue weighted by molar-refractivity contribution is 5.80. The Bertz CT molecular complexity index is 1010. The van der Waals surface area contributed by atoms with Crippen LogP contribution in [0.5, 0.6) is 0 Å². The fourth-order valence-corrected chi connectivity index (χ4v) is 3.38. The summed E-state index contributed by atoms with van der Waals surface area (Å²) in [5.74, 6) is -1.48. The van der Waals surface area contributed by atoms with Gasteiger partial charge in [0.2, 0.25) is 0 Å². The first-order valence-electron chi connectivity index (χ1n) is 10.6. The second-order valence-electron chi connectivity index (χ2n) is 7.81. The summed E-state index contributed by atoms with van der Waals surface area (Å²) >= 11 is 0. The van der Waals surface area contributed by atoms with Crippen molar-refractivity contribution in [2.45, 2.75) is 58.8 Å². The monoisotopic (exact) mass is 435 g/mol. The fourth-order valence-electron chi connectivity index (χ4n) is 3.38. The Balaban J connectivity index is 1.66. The van der Waals surface area contributed by atoms with Crippen molar-refractivity contribution in [2.75, 3.05) is 13.1 Å². The number of rotatable bonds is 10. The Hall–Kier alpha value is -2.68. The SMILES string of the molecule is CCCCCN(CCn1cnc2cc(/C=C/c3noc(C(F)(F)F)n3)ccc21)C(C)C. The molecule has 3 rings (SSSR count). The van der Waals surface area contributed by atoms with Crippen LogP contribution in [0.3, 0.4) is 0 Å². The van der Waals surface area contributed by atoms with E-state index in [4.69, 9.17) is 0 Å². The lowest BCUT2D eigenvalue weighted by atomic mass is 10.2. The molecule has 1 aromatic carbocycles. The molecule has 0 aliphatic carbocycles. The molecular formula is C22H28F3N5O. The van der Waals surface area contributed by atoms with Gasteiger partial charge in [0, 0.05) is 19.1 Å². The number of fused-ring (bicyclic) bond motifs is 1. The number of hydrogen-bond acceptors (Lipinski definition) is 5. The molecule has 0 N–H and O–H groups in total. The summed E-state index contributed by atoms with van der Waals surface area (Å²) in [5, 5.41) is 3.33. The summed E-state index contributed by atoms with van der Waals surface area (Å²) in [6.07, 6.45) is 3.87. The summed E-state index contributed by atoms with van der Waals surface area (Å²) in [6, 6.07) is 6.24. The number of nitrogens with zero attached hydrogens (tertiary/aromatic N) is 5. The van der Waals surface area contributed by atoms with Crippen LogP contribution >= 0.6 is 0 Å². The lowest BCUT2D eigenvalue weighted by molar-refractivity contribution is -0.159. The molecule has 9 heteroatoms. The van der Waals surface area contributed by atoms with Crippen LogP contribution in [0, 0.1) is 0 Å². The zero-order valence-corrected chi connectivity index (χ0v) is 18.1. The molecular weight excluding hydrogens is 407 g/mol. The van der Waals surface area contributed by atoms with Gasteiger partial charge in [-0.05, 0) is 50.6 Å². The maximum atomic E-state index is 12.5. The molecule has 0 saturated carbocycles. The molecule has 0 amide bonds. The van der Waals surface area contributed by atoms with Gasteiger partial charge in [-0.3, -0.25) is 4.90 Å². The highest BCUT2D eigenvalue weighted by Crippen LogP contribution is 2.27. The Kier molecular flexibility index (Phi) is 7.48. The van der Waals surface area contributed by atoms with Gasteiger partial charge in [-0.1, -0.05) is 37.1 Å². The third-order valence-electron chi connectivity index (χ3n) is 5.16. The lowest BCUT2D eigenvalue weighted by Gasteiger charge is -2.26. The molecule has 31 heavy (non-hydrogen) atoms. The molecule has 3 aromatic rings. The quantitative estimate of drug-likeness (QED) is 0.393. The third-order valence-corrected chi connectivity index (χ3v) is 5.16. The molecule has 168 valence electrons. The largest absolute Gasteiger partial charge is 0.471 e. The second kappa shape index (κ2) is 10.1. The first kappa shape index (κ1) is 23.0. The van der Waals surface area contributed by atoms with E-state index in [0.717, 1.165) is 36.2 Å². The predicted molar refractivity (Wildman–Crippen MR) is 114 cm³/mol. The van der Waals surface area contributed by atoms with Crippen molar-refractivity contribution in [1.29, 1.82) is 0 Å². The summed E-state index contributed by atoms with van der Waals surface area (Å²) < 4.78 is 44.0. The van der Waals surface area contributed by atoms with E-state index in [1.807, 2.05) is 24.5 Å². The number of halogens is 3. The summed E-state index contributed by atoms with van der Waals surface area (Å²) in [4.78, 5) is 10.3. The molecule has 0 bridgehead atoms. The van der Waals surface area contributed by atoms with Crippen LogP contribution in [-0.2, 0) is 12.7 Å². The first-order chi connectivity index (χ1) is 14.8. The maximum Gasteiger partial charge on any atom is 0.471 e. The molecule has 2 heterocycles. The predicted octanol–water partition coefficient (Wildman–Crippen LogP) is 5.51. The van der Waals surface area contributed by atoms with Crippen LogP contribution < -0.4 is 0 Å². The van der Waals surface area contributed by atoms with E-state index in [9.17, 15) is 13.2 Å². The number of alkyl halides is 3. The van der Waals surface area contributed by atoms with Gasteiger partial charge in [-0.15, -0.1) is 0 Å². The van der Waals surface area contributed by atoms with Crippen LogP contribution in [0.2, 0.25) is 0 Å². The number of hydrogen-bond donors (Lipinski definition) is 0. The number of benzene rings is 1. The summed E-state index contributed by atoms with van der Waals surface area (Å²) in [6.45, 7) is 9.55. The van der Waals surface area contributed by atoms with Crippen molar-refractivity contribution in [1.82, 2.24) is 24.6 Å². The number of aromatic nitrogens is 4. The smallest absolute Gasteiger partial charge is 0.329 e. The standard InChI is InChI=1S/C22H28F3N5O/c1-4-5-6-11-29(16(2)3)12-13-30-15-26-18-14-17(7-9-19(18)30)8-10-20-27-21(31-28-20)22(23,24)25/h7-10,14-16H,4-6,11-13H2,1-3H3/b10-8+. The highest BCUT2D eigenvalue weighted by atomic mass is 19.4. The average molecular weight is 435 g/mol. The van der Waals surface area contributed by atoms with E-state index in [2.05, 4.69) is 49.9 Å². The van der Waals surface area contributed by atoms with E-state index < -0.39 is 12.1 Å². The average Bonchev–Trinajstić information content (AvgIpc) is 3.35. The van der Waals surface area contributed by atoms with Gasteiger partial charge in [-0.2, -0.15) is 18.2 Å². The lowest BCUT2D eigenvalue weighted by Crippen LogP contribution is -2.34. The van der Waals surface area contributed by atoms with Crippen LogP contribution in [0.4, 0.5) is 13.2 Å². The Labute approximate surface area is 179 Å². The van der Waals surface area contributed by atoms with Crippen LogP contribution in [0.15, 0.2) is 29.0 Å². The van der Waals surface area contributed by atoms with Crippen molar-refractivity contribution in [2.24, 2.45) is 0 Å². The first-order valence-corrected chi connectivity index (χ1v) is 10.6. The fraction of sp³-hybridized carbons (Fsp3) is 0.500. The molecule has 2 aromatic heterocycles. The minimum Gasteiger partial charge on any atom is -0.329 e. The van der Waals surface area contributed by atoms with Crippen molar-refractivity contribution >= 4 is 23.2 Å². The van der Waals surface area contributed by atoms with Gasteiger partial charge >= 0.3 is 12.1 Å². The minimum absolute atomic E-state index is 0.130. The molecule has 0 aliphatic heterocycles. The Morgan fingerprint density at radius 2 is 1.97 bits per heavy atom. The molecule has 0 fully saturated rings. The molecule has 0 radical (unpaired) electrons. The van der Waals surface area contributed by atoms with Gasteiger partial charge in [0.25, 0.3) is 0 Å². The molecule has 0 atom stereocenters. The van der Waals surface area contributed by atoms with Gasteiger partial charge in [0.1, 0.15) is 0 Å². The van der Waals surface area contributed by atoms with E-state index >= 15 is 0 Å². The van der Waals surface area contributed by atoms with E-state index in [-0.39, 0.29) is 5.82 Å². The minimum atomic E-state index is -4.65. The summed E-state index contributed by atoms with van der Waals surface area (Å²) in [7, 11) is 0. The van der Waals surface area contributed by atoms with Crippen LogP contribution in [0.1, 0.15) is 57.3 Å². The van der Waals surface area contributed by atoms with Gasteiger partial charge < -0.3 is 9.09 Å². The number of unbranched alkanes of at least 4 members (excludes halogenated alkanes) is 2. The molecule has 6 nitrogen and oxygen atoms in total. The van der Waals surface area contributed by atoms with E-state index in [1.165, 1.54) is 25.3 Å². The zero-order chi connectivity index (χ0) is 22.4. The van der Waals surface area contributed by atoms with Gasteiger partial charge in [0.05, 0.1) is 17.4 Å². The van der Waals surface area contributed by atoms with Crippen molar-refractivity contribution in [3.63, 3.8) is 0 Å². The van der Waals surface area contributed by atoms with Gasteiger partial charge in [-0.25, -0.2) is 4.98 Å². The highest BCUT2D eigenvalue weighted by Gasteiger charge is 2.38. The molecule has 0 saturated heterocycles.